The van der Waals surface area contributed by atoms with E-state index in [4.69, 9.17) is 4.74 Å². The van der Waals surface area contributed by atoms with Crippen LogP contribution in [0.15, 0.2) is 96.5 Å². The number of aliphatic hydroxyl groups is 1. The summed E-state index contributed by atoms with van der Waals surface area (Å²) in [6.45, 7) is 11.2. The van der Waals surface area contributed by atoms with Gasteiger partial charge < -0.3 is 35.4 Å². The number of hydrogen-bond acceptors (Lipinski definition) is 15. The normalized spacial score (nSPS) is 19.2. The van der Waals surface area contributed by atoms with E-state index < -0.39 is 29.6 Å². The van der Waals surface area contributed by atoms with Gasteiger partial charge in [-0.1, -0.05) is 92.5 Å². The van der Waals surface area contributed by atoms with E-state index in [9.17, 15) is 34.2 Å². The van der Waals surface area contributed by atoms with Crippen molar-refractivity contribution < 1.29 is 38.9 Å². The lowest BCUT2D eigenvalue weighted by Crippen LogP contribution is -2.60. The maximum atomic E-state index is 14.2. The lowest BCUT2D eigenvalue weighted by molar-refractivity contribution is -0.144. The number of rotatable bonds is 18. The van der Waals surface area contributed by atoms with Crippen LogP contribution in [-0.4, -0.2) is 122 Å². The maximum Gasteiger partial charge on any atom is 0.355 e. The summed E-state index contributed by atoms with van der Waals surface area (Å²) in [4.78, 5) is 88.1. The molecule has 83 heavy (non-hydrogen) atoms. The molecule has 1 saturated carbocycles. The van der Waals surface area contributed by atoms with Crippen molar-refractivity contribution >= 4 is 84.1 Å². The average Bonchev–Trinajstić information content (AvgIpc) is 4.49. The molecule has 20 heteroatoms. The van der Waals surface area contributed by atoms with Gasteiger partial charge in [0.25, 0.3) is 5.91 Å². The number of carboxylic acid groups (broad SMARTS) is 1. The van der Waals surface area contributed by atoms with Gasteiger partial charge in [-0.05, 0) is 121 Å². The fourth-order valence-corrected chi connectivity index (χ4v) is 14.3. The van der Waals surface area contributed by atoms with E-state index in [1.165, 1.54) is 27.6 Å². The fourth-order valence-electron chi connectivity index (χ4n) is 11.5. The summed E-state index contributed by atoms with van der Waals surface area (Å²) < 4.78 is 7.06. The van der Waals surface area contributed by atoms with Crippen LogP contribution >= 0.6 is 34.0 Å². The van der Waals surface area contributed by atoms with Crippen LogP contribution in [0.4, 0.5) is 10.3 Å². The molecule has 6 heterocycles. The third kappa shape index (κ3) is 13.3. The summed E-state index contributed by atoms with van der Waals surface area (Å²) >= 11 is 4.39. The van der Waals surface area contributed by atoms with Crippen molar-refractivity contribution in [2.24, 2.45) is 23.2 Å². The molecule has 3 aromatic heterocycles. The number of anilines is 2. The zero-order chi connectivity index (χ0) is 57.9. The number of nitrogens with one attached hydrogen (secondary N) is 3. The van der Waals surface area contributed by atoms with Crippen molar-refractivity contribution in [2.75, 3.05) is 49.5 Å². The summed E-state index contributed by atoms with van der Waals surface area (Å²) in [7, 11) is 0. The third-order valence-corrected chi connectivity index (χ3v) is 19.3. The van der Waals surface area contributed by atoms with Crippen molar-refractivity contribution in [3.05, 3.63) is 141 Å². The zero-order valence-electron chi connectivity index (χ0n) is 46.9. The number of para-hydroxylation sites is 1. The number of aromatic carboxylic acids is 1. The number of hydrogen-bond donors (Lipinski definition) is 5. The second-order valence-electron chi connectivity index (χ2n) is 23.2. The number of aryl methyl sites for hydroxylation is 2. The Hall–Kier alpha value is -7.54. The molecular weight excluding hydrogens is 1110 g/mol. The predicted molar refractivity (Wildman–Crippen MR) is 323 cm³/mol. The van der Waals surface area contributed by atoms with Gasteiger partial charge in [0.05, 0.1) is 45.6 Å². The SMILES string of the molecule is Cc1ncsc1-c1ccc(CNC(=O)[C@@H]2C[C@@H](O)CN2C(=O)[C@@H](NC(=O)CN2CC(C3CC(C#Cc4ccc(OCCCc5sc(N6CCc7cccc(C(=O)Nc8nc9ccccc9s8)c7C6)nc5C(=O)O)cc4)C3)C2)C(C)(C)C)cc1. The fraction of sp³-hybridized carbons (Fsp3) is 0.397. The number of carbonyl (C=O) groups is 5. The van der Waals surface area contributed by atoms with Gasteiger partial charge in [-0.3, -0.25) is 29.4 Å². The van der Waals surface area contributed by atoms with Crippen LogP contribution in [0.1, 0.15) is 100 Å². The van der Waals surface area contributed by atoms with Crippen LogP contribution in [0.25, 0.3) is 20.7 Å². The number of β-amino-alcohol motifs (C(OH)–C–C–N with tert-alkyl or cyclic N) is 1. The van der Waals surface area contributed by atoms with Gasteiger partial charge in [-0.25, -0.2) is 19.7 Å². The highest BCUT2D eigenvalue weighted by Crippen LogP contribution is 2.42. The summed E-state index contributed by atoms with van der Waals surface area (Å²) in [5.41, 5.74) is 8.43. The molecule has 17 nitrogen and oxygen atoms in total. The summed E-state index contributed by atoms with van der Waals surface area (Å²) in [6.07, 6.45) is 3.07. The molecule has 0 unspecified atom stereocenters. The Morgan fingerprint density at radius 2 is 1.67 bits per heavy atom. The van der Waals surface area contributed by atoms with Crippen molar-refractivity contribution in [2.45, 2.75) is 97.5 Å². The standard InChI is InChI=1S/C63H67N9O8S3/c1-37-55(81-36-65-37)42-20-16-39(17-21-42)30-64-58(76)50-29-45(73)33-72(50)59(77)56(63(2,3)4)67-53(74)35-70-31-44(32-70)43-27-40(28-43)15-14-38-18-22-46(23-19-38)80-26-8-13-52-54(60(78)79)68-62(83-52)71-25-24-41-9-7-10-47(48(41)34-71)57(75)69-61-66-49-11-5-6-12-51(49)82-61/h5-7,9-12,16-23,36,40,43-45,50,56,73H,8,13,24-35H2,1-4H3,(H,64,76)(H,67,74)(H,78,79)(H,66,69,75)/t40?,43?,45-,50+,56-/m1/s1. The van der Waals surface area contributed by atoms with Gasteiger partial charge in [0.2, 0.25) is 17.7 Å². The number of ether oxygens (including phenoxy) is 1. The minimum atomic E-state index is -1.07. The second-order valence-corrected chi connectivity index (χ2v) is 26.1. The van der Waals surface area contributed by atoms with E-state index in [2.05, 4.69) is 52.5 Å². The van der Waals surface area contributed by atoms with Crippen LogP contribution in [0.3, 0.4) is 0 Å². The monoisotopic (exact) mass is 1170 g/mol. The molecular formula is C63H67N9O8S3. The highest BCUT2D eigenvalue weighted by Gasteiger charge is 2.46. The first kappa shape index (κ1) is 57.3. The molecule has 4 aliphatic rings. The smallest absolute Gasteiger partial charge is 0.355 e. The molecule has 0 spiro atoms. The van der Waals surface area contributed by atoms with Crippen molar-refractivity contribution in [1.82, 2.24) is 35.4 Å². The first-order chi connectivity index (χ1) is 40.0. The topological polar surface area (TPSA) is 220 Å². The molecule has 1 aliphatic carbocycles. The lowest BCUT2D eigenvalue weighted by atomic mass is 9.66. The highest BCUT2D eigenvalue weighted by molar-refractivity contribution is 7.22. The number of aliphatic hydroxyl groups excluding tert-OH is 1. The van der Waals surface area contributed by atoms with E-state index in [-0.39, 0.29) is 55.4 Å². The van der Waals surface area contributed by atoms with Gasteiger partial charge in [-0.2, -0.15) is 0 Å². The number of likely N-dealkylation sites (tertiary alicyclic amines) is 2. The summed E-state index contributed by atoms with van der Waals surface area (Å²) in [6, 6.07) is 27.4. The average molecular weight is 1170 g/mol. The Balaban J connectivity index is 0.594. The maximum absolute atomic E-state index is 14.2. The number of thiazole rings is 3. The first-order valence-electron chi connectivity index (χ1n) is 28.3. The number of fused-ring (bicyclic) bond motifs is 2. The molecule has 5 N–H and O–H groups in total. The second kappa shape index (κ2) is 24.7. The van der Waals surface area contributed by atoms with E-state index in [1.54, 1.807) is 11.3 Å². The molecule has 4 aromatic carbocycles. The number of amides is 4. The van der Waals surface area contributed by atoms with E-state index in [0.717, 1.165) is 74.5 Å². The Morgan fingerprint density at radius 1 is 0.892 bits per heavy atom. The Bertz CT molecular complexity index is 3570. The first-order valence-corrected chi connectivity index (χ1v) is 30.8. The number of carbonyl (C=O) groups excluding carboxylic acids is 4. The lowest BCUT2D eigenvalue weighted by Gasteiger charge is -2.48. The predicted octanol–water partition coefficient (Wildman–Crippen LogP) is 8.83. The van der Waals surface area contributed by atoms with Crippen LogP contribution in [0, 0.1) is 41.9 Å². The van der Waals surface area contributed by atoms with E-state index in [1.807, 2.05) is 124 Å². The molecule has 3 aliphatic heterocycles. The highest BCUT2D eigenvalue weighted by atomic mass is 32.1. The molecule has 0 bridgehead atoms. The van der Waals surface area contributed by atoms with Crippen LogP contribution in [0.5, 0.6) is 5.75 Å². The van der Waals surface area contributed by atoms with Gasteiger partial charge in [-0.15, -0.1) is 22.7 Å². The molecule has 2 saturated heterocycles. The van der Waals surface area contributed by atoms with Gasteiger partial charge >= 0.3 is 5.97 Å². The van der Waals surface area contributed by atoms with Crippen molar-refractivity contribution in [3.63, 3.8) is 0 Å². The van der Waals surface area contributed by atoms with Crippen molar-refractivity contribution in [3.8, 4) is 28.0 Å². The van der Waals surface area contributed by atoms with Crippen LogP contribution in [0.2, 0.25) is 0 Å². The molecule has 3 atom stereocenters. The van der Waals surface area contributed by atoms with Gasteiger partial charge in [0, 0.05) is 67.6 Å². The van der Waals surface area contributed by atoms with Gasteiger partial charge in [0.1, 0.15) is 17.8 Å². The van der Waals surface area contributed by atoms with Crippen molar-refractivity contribution in [1.29, 1.82) is 0 Å². The molecule has 4 amide bonds. The van der Waals surface area contributed by atoms with Gasteiger partial charge in [0.15, 0.2) is 16.0 Å². The molecule has 0 radical (unpaired) electrons. The largest absolute Gasteiger partial charge is 0.494 e. The third-order valence-electron chi connectivity index (χ3n) is 16.2. The molecule has 11 rings (SSSR count). The zero-order valence-corrected chi connectivity index (χ0v) is 49.3. The summed E-state index contributed by atoms with van der Waals surface area (Å²) in [5, 5.41) is 30.9. The molecule has 7 aromatic rings. The van der Waals surface area contributed by atoms with E-state index in [0.29, 0.717) is 83.2 Å². The Kier molecular flexibility index (Phi) is 17.1. The quantitative estimate of drug-likeness (QED) is 0.0401. The van der Waals surface area contributed by atoms with E-state index >= 15 is 0 Å². The number of benzene rings is 4. The minimum absolute atomic E-state index is 0.0154. The number of aromatic nitrogens is 3. The summed E-state index contributed by atoms with van der Waals surface area (Å²) in [5.74, 6) is 6.55. The number of carboxylic acids is 1. The molecule has 3 fully saturated rings. The van der Waals surface area contributed by atoms with Crippen LogP contribution in [-0.2, 0) is 40.3 Å². The number of nitrogens with zero attached hydrogens (tertiary/aromatic N) is 6. The molecule has 430 valence electrons. The Labute approximate surface area is 494 Å². The Morgan fingerprint density at radius 3 is 2.41 bits per heavy atom. The minimum Gasteiger partial charge on any atom is -0.494 e. The van der Waals surface area contributed by atoms with Crippen LogP contribution < -0.4 is 25.6 Å².